The molecule has 1 saturated carbocycles. The predicted molar refractivity (Wildman–Crippen MR) is 149 cm³/mol. The highest BCUT2D eigenvalue weighted by molar-refractivity contribution is 5.93. The van der Waals surface area contributed by atoms with Crippen LogP contribution in [0.1, 0.15) is 31.7 Å². The Morgan fingerprint density at radius 2 is 1.58 bits per heavy atom. The van der Waals surface area contributed by atoms with Crippen LogP contribution in [0, 0.1) is 6.20 Å². The van der Waals surface area contributed by atoms with Gasteiger partial charge < -0.3 is 14.0 Å². The summed E-state index contributed by atoms with van der Waals surface area (Å²) in [6.07, 6.45) is 11.9. The van der Waals surface area contributed by atoms with Crippen LogP contribution in [0.4, 0.5) is 0 Å². The van der Waals surface area contributed by atoms with Gasteiger partial charge in [-0.15, -0.1) is 0 Å². The lowest BCUT2D eigenvalue weighted by Crippen LogP contribution is -2.51. The van der Waals surface area contributed by atoms with Crippen LogP contribution in [-0.2, 0) is 4.74 Å². The Balaban J connectivity index is 1.14. The Hall–Kier alpha value is -3.26. The predicted octanol–water partition coefficient (Wildman–Crippen LogP) is 5.44. The van der Waals surface area contributed by atoms with Crippen LogP contribution in [0.15, 0.2) is 67.1 Å². The van der Waals surface area contributed by atoms with E-state index in [4.69, 9.17) is 9.47 Å². The number of fused-ring (bicyclic) bond motifs is 1. The fraction of sp³-hybridized carbons (Fsp3) is 0.419. The summed E-state index contributed by atoms with van der Waals surface area (Å²) < 4.78 is 13.6. The van der Waals surface area contributed by atoms with E-state index in [-0.39, 0.29) is 0 Å². The zero-order valence-electron chi connectivity index (χ0n) is 22.1. The summed E-state index contributed by atoms with van der Waals surface area (Å²) >= 11 is 0. The summed E-state index contributed by atoms with van der Waals surface area (Å²) in [5.41, 5.74) is 3.23. The van der Waals surface area contributed by atoms with Crippen LogP contribution in [-0.4, -0.2) is 76.8 Å². The minimum Gasteiger partial charge on any atom is -0.457 e. The first kappa shape index (κ1) is 25.0. The van der Waals surface area contributed by atoms with E-state index in [9.17, 15) is 0 Å². The van der Waals surface area contributed by atoms with Crippen molar-refractivity contribution in [2.24, 2.45) is 0 Å². The zero-order chi connectivity index (χ0) is 25.7. The molecule has 0 atom stereocenters. The fourth-order valence-electron chi connectivity index (χ4n) is 6.03. The number of piperazine rings is 1. The smallest absolute Gasteiger partial charge is 0.144 e. The third-order valence-corrected chi connectivity index (χ3v) is 8.16. The van der Waals surface area contributed by atoms with Gasteiger partial charge >= 0.3 is 0 Å². The van der Waals surface area contributed by atoms with E-state index in [1.54, 1.807) is 13.4 Å². The zero-order valence-corrected chi connectivity index (χ0v) is 22.1. The normalized spacial score (nSPS) is 21.1. The van der Waals surface area contributed by atoms with E-state index in [0.717, 1.165) is 59.9 Å². The number of aromatic nitrogens is 3. The molecule has 0 amide bonds. The van der Waals surface area contributed by atoms with Crippen molar-refractivity contribution in [2.75, 3.05) is 46.4 Å². The number of hydrogen-bond acceptors (Lipinski definition) is 6. The van der Waals surface area contributed by atoms with Gasteiger partial charge in [0, 0.05) is 63.7 Å². The first-order valence-corrected chi connectivity index (χ1v) is 13.8. The molecule has 1 radical (unpaired) electrons. The van der Waals surface area contributed by atoms with E-state index in [0.29, 0.717) is 12.1 Å². The summed E-state index contributed by atoms with van der Waals surface area (Å²) in [5.74, 6) is 1.66. The van der Waals surface area contributed by atoms with Gasteiger partial charge in [-0.1, -0.05) is 30.3 Å². The van der Waals surface area contributed by atoms with Crippen LogP contribution in [0.3, 0.4) is 0 Å². The molecule has 2 aromatic carbocycles. The average molecular weight is 511 g/mol. The largest absolute Gasteiger partial charge is 0.457 e. The van der Waals surface area contributed by atoms with Gasteiger partial charge in [0.05, 0.1) is 12.0 Å². The van der Waals surface area contributed by atoms with Crippen LogP contribution < -0.4 is 4.74 Å². The molecule has 1 aliphatic heterocycles. The molecular weight excluding hydrogens is 474 g/mol. The van der Waals surface area contributed by atoms with Gasteiger partial charge in [-0.3, -0.25) is 9.80 Å². The maximum atomic E-state index is 5.99. The van der Waals surface area contributed by atoms with Crippen LogP contribution in [0.25, 0.3) is 22.2 Å². The van der Waals surface area contributed by atoms with Crippen LogP contribution >= 0.6 is 0 Å². The third-order valence-electron chi connectivity index (χ3n) is 8.16. The van der Waals surface area contributed by atoms with Gasteiger partial charge in [0.15, 0.2) is 0 Å². The molecule has 0 bridgehead atoms. The monoisotopic (exact) mass is 510 g/mol. The highest BCUT2D eigenvalue weighted by Crippen LogP contribution is 2.37. The van der Waals surface area contributed by atoms with Gasteiger partial charge in [-0.05, 0) is 55.5 Å². The van der Waals surface area contributed by atoms with E-state index in [1.807, 2.05) is 42.5 Å². The number of nitrogens with zero attached hydrogens (tertiary/aromatic N) is 5. The number of ether oxygens (including phenoxy) is 2. The molecule has 2 fully saturated rings. The molecular formula is C31H36N5O2. The fourth-order valence-corrected chi connectivity index (χ4v) is 6.03. The molecule has 38 heavy (non-hydrogen) atoms. The molecule has 7 heteroatoms. The second-order valence-corrected chi connectivity index (χ2v) is 10.4. The van der Waals surface area contributed by atoms with E-state index in [2.05, 4.69) is 48.9 Å². The molecule has 3 heterocycles. The van der Waals surface area contributed by atoms with Crippen molar-refractivity contribution < 1.29 is 9.47 Å². The molecule has 6 rings (SSSR count). The molecule has 1 aliphatic carbocycles. The van der Waals surface area contributed by atoms with Crippen molar-refractivity contribution >= 4 is 11.0 Å². The second kappa shape index (κ2) is 11.6. The Morgan fingerprint density at radius 3 is 2.32 bits per heavy atom. The summed E-state index contributed by atoms with van der Waals surface area (Å²) in [6.45, 7) is 6.50. The van der Waals surface area contributed by atoms with Crippen molar-refractivity contribution in [3.63, 3.8) is 0 Å². The van der Waals surface area contributed by atoms with Crippen molar-refractivity contribution in [2.45, 2.75) is 37.8 Å². The second-order valence-electron chi connectivity index (χ2n) is 10.4. The quantitative estimate of drug-likeness (QED) is 0.315. The van der Waals surface area contributed by atoms with E-state index in [1.165, 1.54) is 38.8 Å². The van der Waals surface area contributed by atoms with Crippen LogP contribution in [0.2, 0.25) is 0 Å². The summed E-state index contributed by atoms with van der Waals surface area (Å²) in [5, 5.41) is 0.985. The summed E-state index contributed by atoms with van der Waals surface area (Å²) in [6, 6.07) is 19.3. The molecule has 0 N–H and O–H groups in total. The molecule has 4 aromatic rings. The van der Waals surface area contributed by atoms with Crippen molar-refractivity contribution in [3.05, 3.63) is 73.3 Å². The Bertz CT molecular complexity index is 1310. The topological polar surface area (TPSA) is 55.7 Å². The van der Waals surface area contributed by atoms with Crippen molar-refractivity contribution in [1.82, 2.24) is 24.3 Å². The lowest BCUT2D eigenvalue weighted by molar-refractivity contribution is 0.0579. The van der Waals surface area contributed by atoms with Crippen LogP contribution in [0.5, 0.6) is 11.5 Å². The first-order chi connectivity index (χ1) is 18.8. The standard InChI is InChI=1S/C31H36N5O2/c1-37-20-19-34-15-17-35(18-16-34)25-9-11-26(12-10-25)36-22-30(29-21-32-23-33-31(29)36)24-7-13-28(14-8-24)38-27-5-3-2-4-6-27/h2-8,13-14,22-23,25-26H,9-12,15-20H2,1H3. The number of rotatable bonds is 8. The summed E-state index contributed by atoms with van der Waals surface area (Å²) in [7, 11) is 1.79. The number of benzene rings is 2. The maximum Gasteiger partial charge on any atom is 0.144 e. The Labute approximate surface area is 225 Å². The SMILES string of the molecule is COCCN1CCN(C2CCC(n3cc(-c4ccc(Oc5ccccc5)cc4)c4[c]ncnc43)CC2)CC1. The molecule has 0 unspecified atom stereocenters. The highest BCUT2D eigenvalue weighted by atomic mass is 16.5. The highest BCUT2D eigenvalue weighted by Gasteiger charge is 2.30. The third kappa shape index (κ3) is 5.46. The Morgan fingerprint density at radius 1 is 0.868 bits per heavy atom. The Kier molecular flexibility index (Phi) is 7.67. The molecule has 2 aromatic heterocycles. The molecule has 0 spiro atoms. The number of hydrogen-bond donors (Lipinski definition) is 0. The van der Waals surface area contributed by atoms with E-state index < -0.39 is 0 Å². The van der Waals surface area contributed by atoms with Gasteiger partial charge in [0.1, 0.15) is 29.7 Å². The molecule has 7 nitrogen and oxygen atoms in total. The lowest BCUT2D eigenvalue weighted by atomic mass is 9.89. The van der Waals surface area contributed by atoms with Gasteiger partial charge in [0.2, 0.25) is 0 Å². The maximum absolute atomic E-state index is 5.99. The van der Waals surface area contributed by atoms with Crippen molar-refractivity contribution in [1.29, 1.82) is 0 Å². The van der Waals surface area contributed by atoms with Crippen molar-refractivity contribution in [3.8, 4) is 22.6 Å². The first-order valence-electron chi connectivity index (χ1n) is 13.8. The van der Waals surface area contributed by atoms with Gasteiger partial charge in [-0.2, -0.15) is 0 Å². The minimum absolute atomic E-state index is 0.453. The molecule has 2 aliphatic rings. The molecule has 197 valence electrons. The van der Waals surface area contributed by atoms with Gasteiger partial charge in [0.25, 0.3) is 0 Å². The average Bonchev–Trinajstić information content (AvgIpc) is 3.37. The number of methoxy groups -OCH3 is 1. The number of para-hydroxylation sites is 1. The van der Waals surface area contributed by atoms with E-state index >= 15 is 0 Å². The van der Waals surface area contributed by atoms with Gasteiger partial charge in [-0.25, -0.2) is 9.97 Å². The molecule has 1 saturated heterocycles. The summed E-state index contributed by atoms with van der Waals surface area (Å²) in [4.78, 5) is 14.2. The lowest BCUT2D eigenvalue weighted by Gasteiger charge is -2.42. The minimum atomic E-state index is 0.453.